The summed E-state index contributed by atoms with van der Waals surface area (Å²) in [6.07, 6.45) is 5.91. The molecule has 1 unspecified atom stereocenters. The lowest BCUT2D eigenvalue weighted by atomic mass is 9.70. The molecule has 3 amide bonds. The van der Waals surface area contributed by atoms with Crippen LogP contribution in [0.4, 0.5) is 0 Å². The maximum atomic E-state index is 14.8. The number of fused-ring (bicyclic) bond motifs is 1. The van der Waals surface area contributed by atoms with Gasteiger partial charge in [-0.3, -0.25) is 24.1 Å². The molecule has 52 heavy (non-hydrogen) atoms. The molecule has 4 aliphatic heterocycles. The molecule has 1 spiro atoms. The molecular weight excluding hydrogens is 732 g/mol. The van der Waals surface area contributed by atoms with Crippen LogP contribution in [0, 0.1) is 11.8 Å². The number of likely N-dealkylation sites (tertiary alicyclic amines) is 1. The molecule has 4 aliphatic rings. The second kappa shape index (κ2) is 18.8. The predicted octanol–water partition coefficient (Wildman–Crippen LogP) is 3.39. The van der Waals surface area contributed by atoms with E-state index in [0.29, 0.717) is 70.6 Å². The Balaban J connectivity index is 1.43. The van der Waals surface area contributed by atoms with Gasteiger partial charge >= 0.3 is 5.97 Å². The summed E-state index contributed by atoms with van der Waals surface area (Å²) >= 11 is 3.77. The Morgan fingerprint density at radius 1 is 1.12 bits per heavy atom. The number of rotatable bonds is 20. The number of aliphatic hydroxyl groups is 1. The largest absolute Gasteiger partial charge is 0.455 e. The number of unbranched alkanes of at least 4 members (excludes halogenated alkanes) is 3. The number of ether oxygens (including phenoxy) is 3. The van der Waals surface area contributed by atoms with Crippen LogP contribution in [-0.2, 0) is 33.4 Å². The smallest absolute Gasteiger partial charge is 0.313 e. The Bertz CT molecular complexity index is 1410. The molecule has 0 saturated carbocycles. The third kappa shape index (κ3) is 8.81. The fourth-order valence-electron chi connectivity index (χ4n) is 8.31. The first-order chi connectivity index (χ1) is 25.2. The Kier molecular flexibility index (Phi) is 14.5. The van der Waals surface area contributed by atoms with Gasteiger partial charge in [-0.05, 0) is 38.2 Å². The Labute approximate surface area is 316 Å². The molecule has 8 atom stereocenters. The van der Waals surface area contributed by atoms with Crippen LogP contribution in [0.5, 0.6) is 0 Å². The van der Waals surface area contributed by atoms with Crippen LogP contribution in [0.3, 0.4) is 0 Å². The number of allylic oxidation sites excluding steroid dienone is 1. The van der Waals surface area contributed by atoms with Gasteiger partial charge in [0.05, 0.1) is 37.2 Å². The summed E-state index contributed by atoms with van der Waals surface area (Å²) in [7, 11) is 0. The van der Waals surface area contributed by atoms with Crippen LogP contribution in [0.1, 0.15) is 63.5 Å². The topological polar surface area (TPSA) is 138 Å². The fourth-order valence-corrected chi connectivity index (χ4v) is 9.26. The van der Waals surface area contributed by atoms with Crippen LogP contribution in [-0.4, -0.2) is 131 Å². The monoisotopic (exact) mass is 786 g/mol. The maximum Gasteiger partial charge on any atom is 0.313 e. The van der Waals surface area contributed by atoms with Crippen LogP contribution < -0.4 is 5.32 Å². The van der Waals surface area contributed by atoms with Gasteiger partial charge in [0, 0.05) is 57.1 Å². The number of morpholine rings is 1. The number of hydrogen-bond donors (Lipinski definition) is 2. The lowest BCUT2D eigenvalue weighted by molar-refractivity contribution is -0.162. The number of carbonyl (C=O) groups excluding carboxylic acids is 4. The maximum absolute atomic E-state index is 14.8. The highest BCUT2D eigenvalue weighted by molar-refractivity contribution is 9.09. The second-order valence-corrected chi connectivity index (χ2v) is 15.5. The zero-order chi connectivity index (χ0) is 37.3. The molecule has 12 nitrogen and oxygen atoms in total. The van der Waals surface area contributed by atoms with Gasteiger partial charge in [0.25, 0.3) is 0 Å². The molecule has 13 heteroatoms. The molecule has 1 aromatic carbocycles. The standard InChI is InChI=1S/C39H55BrN4O8/c1-4-6-16-30(46)41-27(3)33(28-14-10-9-11-15-28)51-38(49)31-32-36(47)44(18-12-7-8-13-23-45)35(39(32)26-29(40)34(31)52-39)37(48)43(17-5-2)20-19-42-21-24-50-25-22-42/h4-5,9-11,14-15,27,29,31-35,45H,1-2,6-8,12-13,16-26H2,3H3,(H,41,46)/t27-,29?,31-,32+,33-,34-,35-,39+/m1/s1. The average Bonchev–Trinajstić information content (AvgIpc) is 3.74. The summed E-state index contributed by atoms with van der Waals surface area (Å²) in [5, 5.41) is 12.3. The molecule has 286 valence electrons. The summed E-state index contributed by atoms with van der Waals surface area (Å²) in [6.45, 7) is 14.1. The van der Waals surface area contributed by atoms with Crippen LogP contribution >= 0.6 is 15.9 Å². The molecule has 2 N–H and O–H groups in total. The van der Waals surface area contributed by atoms with Crippen molar-refractivity contribution in [2.45, 2.75) is 86.6 Å². The number of esters is 1. The SMILES string of the molecule is C=CCCC(=O)N[C@H](C)[C@@H](OC(=O)[C@H]1[C@@H]2O[C@@]3(CC2Br)[C@@H]1C(=O)N(CCCCCCO)[C@@H]3C(=O)N(CC=C)CCN1CCOCC1)c1ccccc1. The molecule has 5 rings (SSSR count). The van der Waals surface area contributed by atoms with Crippen molar-refractivity contribution in [1.82, 2.24) is 20.0 Å². The quantitative estimate of drug-likeness (QED) is 0.0883. The fraction of sp³-hybridized carbons (Fsp3) is 0.641. The van der Waals surface area contributed by atoms with E-state index in [1.54, 1.807) is 28.9 Å². The highest BCUT2D eigenvalue weighted by atomic mass is 79.9. The van der Waals surface area contributed by atoms with Gasteiger partial charge in [-0.2, -0.15) is 0 Å². The molecule has 2 bridgehead atoms. The molecule has 0 aromatic heterocycles. The van der Waals surface area contributed by atoms with E-state index in [1.165, 1.54) is 0 Å². The molecule has 4 heterocycles. The van der Waals surface area contributed by atoms with Crippen molar-refractivity contribution in [1.29, 1.82) is 0 Å². The lowest BCUT2D eigenvalue weighted by Gasteiger charge is -2.38. The second-order valence-electron chi connectivity index (χ2n) is 14.3. The van der Waals surface area contributed by atoms with Crippen molar-refractivity contribution >= 4 is 39.6 Å². The van der Waals surface area contributed by atoms with Gasteiger partial charge in [0.1, 0.15) is 17.7 Å². The molecule has 1 aromatic rings. The summed E-state index contributed by atoms with van der Waals surface area (Å²) < 4.78 is 18.6. The third-order valence-corrected chi connectivity index (χ3v) is 11.7. The number of carbonyl (C=O) groups is 4. The van der Waals surface area contributed by atoms with Crippen LogP contribution in [0.25, 0.3) is 0 Å². The summed E-state index contributed by atoms with van der Waals surface area (Å²) in [6, 6.07) is 7.74. The van der Waals surface area contributed by atoms with E-state index in [9.17, 15) is 24.3 Å². The predicted molar refractivity (Wildman–Crippen MR) is 199 cm³/mol. The minimum Gasteiger partial charge on any atom is -0.455 e. The van der Waals surface area contributed by atoms with Gasteiger partial charge in [0.15, 0.2) is 0 Å². The van der Waals surface area contributed by atoms with Crippen molar-refractivity contribution in [2.24, 2.45) is 11.8 Å². The Morgan fingerprint density at radius 3 is 2.54 bits per heavy atom. The first kappa shape index (κ1) is 40.1. The van der Waals surface area contributed by atoms with Crippen molar-refractivity contribution in [2.75, 3.05) is 59.1 Å². The minimum atomic E-state index is -1.23. The van der Waals surface area contributed by atoms with Crippen molar-refractivity contribution < 1.29 is 38.5 Å². The number of nitrogens with zero attached hydrogens (tertiary/aromatic N) is 3. The van der Waals surface area contributed by atoms with Gasteiger partial charge < -0.3 is 34.4 Å². The summed E-state index contributed by atoms with van der Waals surface area (Å²) in [5.41, 5.74) is -0.523. The number of aliphatic hydroxyl groups excluding tert-OH is 1. The highest BCUT2D eigenvalue weighted by Gasteiger charge is 2.77. The number of amides is 3. The average molecular weight is 788 g/mol. The van der Waals surface area contributed by atoms with E-state index in [-0.39, 0.29) is 35.6 Å². The molecular formula is C39H55BrN4O8. The Morgan fingerprint density at radius 2 is 1.85 bits per heavy atom. The zero-order valence-electron chi connectivity index (χ0n) is 30.3. The molecule has 4 saturated heterocycles. The molecule has 0 aliphatic carbocycles. The van der Waals surface area contributed by atoms with Gasteiger partial charge in [-0.1, -0.05) is 71.3 Å². The van der Waals surface area contributed by atoms with E-state index in [0.717, 1.165) is 25.9 Å². The first-order valence-electron chi connectivity index (χ1n) is 18.8. The minimum absolute atomic E-state index is 0.0986. The first-order valence-corrected chi connectivity index (χ1v) is 19.7. The van der Waals surface area contributed by atoms with E-state index in [1.807, 2.05) is 30.3 Å². The van der Waals surface area contributed by atoms with Crippen molar-refractivity contribution in [3.8, 4) is 0 Å². The highest BCUT2D eigenvalue weighted by Crippen LogP contribution is 2.60. The summed E-state index contributed by atoms with van der Waals surface area (Å²) in [4.78, 5) is 62.0. The van der Waals surface area contributed by atoms with Crippen LogP contribution in [0.2, 0.25) is 0 Å². The van der Waals surface area contributed by atoms with Gasteiger partial charge in [-0.25, -0.2) is 0 Å². The molecule has 0 radical (unpaired) electrons. The third-order valence-electron chi connectivity index (χ3n) is 10.8. The van der Waals surface area contributed by atoms with Crippen LogP contribution in [0.15, 0.2) is 55.6 Å². The number of benzene rings is 1. The normalized spacial score (nSPS) is 27.9. The van der Waals surface area contributed by atoms with E-state index >= 15 is 0 Å². The van der Waals surface area contributed by atoms with E-state index in [4.69, 9.17) is 14.2 Å². The van der Waals surface area contributed by atoms with Gasteiger partial charge in [-0.15, -0.1) is 13.2 Å². The summed E-state index contributed by atoms with van der Waals surface area (Å²) in [5.74, 6) is -3.15. The van der Waals surface area contributed by atoms with Crippen molar-refractivity contribution in [3.63, 3.8) is 0 Å². The molecule has 4 fully saturated rings. The lowest BCUT2D eigenvalue weighted by Crippen LogP contribution is -2.57. The number of alkyl halides is 1. The number of nitrogens with one attached hydrogen (secondary N) is 1. The van der Waals surface area contributed by atoms with E-state index in [2.05, 4.69) is 39.3 Å². The van der Waals surface area contributed by atoms with E-state index < -0.39 is 47.7 Å². The van der Waals surface area contributed by atoms with Gasteiger partial charge in [0.2, 0.25) is 17.7 Å². The number of halogens is 1. The zero-order valence-corrected chi connectivity index (χ0v) is 31.9. The Hall–Kier alpha value is -3.10. The van der Waals surface area contributed by atoms with Crippen molar-refractivity contribution in [3.05, 3.63) is 61.2 Å². The number of hydrogen-bond acceptors (Lipinski definition) is 9.